The van der Waals surface area contributed by atoms with Crippen LogP contribution in [0.2, 0.25) is 0 Å². The zero-order valence-corrected chi connectivity index (χ0v) is 9.20. The number of hydrazine groups is 1. The van der Waals surface area contributed by atoms with Gasteiger partial charge in [0.1, 0.15) is 0 Å². The second-order valence-corrected chi connectivity index (χ2v) is 4.24. The number of anilines is 1. The van der Waals surface area contributed by atoms with Crippen LogP contribution in [-0.2, 0) is 0 Å². The van der Waals surface area contributed by atoms with Crippen molar-refractivity contribution in [3.8, 4) is 0 Å². The van der Waals surface area contributed by atoms with Crippen LogP contribution in [0.1, 0.15) is 6.42 Å². The van der Waals surface area contributed by atoms with Crippen LogP contribution in [0.5, 0.6) is 0 Å². The maximum absolute atomic E-state index is 5.88. The van der Waals surface area contributed by atoms with E-state index < -0.39 is 0 Å². The van der Waals surface area contributed by atoms with Crippen LogP contribution in [0, 0.1) is 0 Å². The Morgan fingerprint density at radius 3 is 3.00 bits per heavy atom. The molecule has 0 radical (unpaired) electrons. The number of para-hydroxylation sites is 1. The third kappa shape index (κ3) is 2.16. The van der Waals surface area contributed by atoms with Crippen molar-refractivity contribution in [1.29, 1.82) is 0 Å². The Morgan fingerprint density at radius 2 is 2.27 bits per heavy atom. The topological polar surface area (TPSA) is 42.1 Å². The summed E-state index contributed by atoms with van der Waals surface area (Å²) in [6.45, 7) is 4.42. The van der Waals surface area contributed by atoms with E-state index in [1.807, 2.05) is 24.3 Å². The third-order valence-electron chi connectivity index (χ3n) is 2.10. The average Bonchev–Trinajstić information content (AvgIpc) is 2.69. The molecule has 0 aliphatic heterocycles. The van der Waals surface area contributed by atoms with E-state index in [1.54, 1.807) is 16.3 Å². The summed E-state index contributed by atoms with van der Waals surface area (Å²) in [7, 11) is 0. The minimum Gasteiger partial charge on any atom is -0.286 e. The predicted molar refractivity (Wildman–Crippen MR) is 66.0 cm³/mol. The Morgan fingerprint density at radius 1 is 1.47 bits per heavy atom. The van der Waals surface area contributed by atoms with E-state index in [-0.39, 0.29) is 0 Å². The van der Waals surface area contributed by atoms with Crippen LogP contribution in [0.3, 0.4) is 0 Å². The predicted octanol–water partition coefficient (Wildman–Crippen LogP) is 2.55. The van der Waals surface area contributed by atoms with E-state index in [2.05, 4.69) is 17.6 Å². The summed E-state index contributed by atoms with van der Waals surface area (Å²) in [4.78, 5) is 4.45. The Bertz CT molecular complexity index is 431. The van der Waals surface area contributed by atoms with Crippen LogP contribution in [0.15, 0.2) is 36.9 Å². The molecule has 2 aromatic rings. The summed E-state index contributed by atoms with van der Waals surface area (Å²) in [5.41, 5.74) is 1.01. The van der Waals surface area contributed by atoms with Crippen molar-refractivity contribution in [3.63, 3.8) is 0 Å². The molecule has 0 spiro atoms. The molecule has 0 saturated heterocycles. The summed E-state index contributed by atoms with van der Waals surface area (Å²) in [5, 5.41) is 2.53. The van der Waals surface area contributed by atoms with Crippen molar-refractivity contribution in [1.82, 2.24) is 4.98 Å². The van der Waals surface area contributed by atoms with Crippen LogP contribution in [-0.4, -0.2) is 11.5 Å². The Labute approximate surface area is 92.8 Å². The quantitative estimate of drug-likeness (QED) is 0.488. The molecule has 15 heavy (non-hydrogen) atoms. The van der Waals surface area contributed by atoms with Gasteiger partial charge >= 0.3 is 0 Å². The minimum absolute atomic E-state index is 0.753. The van der Waals surface area contributed by atoms with E-state index in [4.69, 9.17) is 5.84 Å². The fourth-order valence-corrected chi connectivity index (χ4v) is 2.22. The molecule has 1 aromatic carbocycles. The molecule has 0 aliphatic rings. The Balaban J connectivity index is 2.24. The van der Waals surface area contributed by atoms with Crippen LogP contribution in [0.4, 0.5) is 5.13 Å². The fourth-order valence-electron chi connectivity index (χ4n) is 1.31. The summed E-state index contributed by atoms with van der Waals surface area (Å²) in [5.74, 6) is 5.88. The maximum Gasteiger partial charge on any atom is 0.200 e. The van der Waals surface area contributed by atoms with Gasteiger partial charge in [-0.25, -0.2) is 10.8 Å². The lowest BCUT2D eigenvalue weighted by atomic mass is 10.3. The Kier molecular flexibility index (Phi) is 2.99. The monoisotopic (exact) mass is 219 g/mol. The second-order valence-electron chi connectivity index (χ2n) is 3.23. The van der Waals surface area contributed by atoms with Gasteiger partial charge in [-0.05, 0) is 18.6 Å². The summed E-state index contributed by atoms with van der Waals surface area (Å²) in [6, 6.07) is 8.04. The van der Waals surface area contributed by atoms with Gasteiger partial charge < -0.3 is 0 Å². The van der Waals surface area contributed by atoms with Gasteiger partial charge in [0.25, 0.3) is 0 Å². The molecule has 0 amide bonds. The maximum atomic E-state index is 5.88. The highest BCUT2D eigenvalue weighted by Crippen LogP contribution is 2.26. The van der Waals surface area contributed by atoms with E-state index in [1.165, 1.54) is 4.70 Å². The van der Waals surface area contributed by atoms with Gasteiger partial charge in [-0.3, -0.25) is 5.01 Å². The summed E-state index contributed by atoms with van der Waals surface area (Å²) in [6.07, 6.45) is 2.72. The van der Waals surface area contributed by atoms with E-state index >= 15 is 0 Å². The highest BCUT2D eigenvalue weighted by atomic mass is 32.1. The molecule has 3 nitrogen and oxygen atoms in total. The zero-order chi connectivity index (χ0) is 10.7. The van der Waals surface area contributed by atoms with Crippen LogP contribution < -0.4 is 10.9 Å². The number of fused-ring (bicyclic) bond motifs is 1. The van der Waals surface area contributed by atoms with Crippen molar-refractivity contribution in [3.05, 3.63) is 36.9 Å². The van der Waals surface area contributed by atoms with E-state index in [0.29, 0.717) is 0 Å². The number of rotatable bonds is 4. The molecule has 0 saturated carbocycles. The van der Waals surface area contributed by atoms with Gasteiger partial charge in [-0.1, -0.05) is 29.5 Å². The number of hydrogen-bond donors (Lipinski definition) is 1. The highest BCUT2D eigenvalue weighted by molar-refractivity contribution is 7.22. The van der Waals surface area contributed by atoms with Gasteiger partial charge in [-0.2, -0.15) is 0 Å². The first-order chi connectivity index (χ1) is 7.31. The first-order valence-electron chi connectivity index (χ1n) is 4.80. The van der Waals surface area contributed by atoms with Crippen LogP contribution >= 0.6 is 11.3 Å². The van der Waals surface area contributed by atoms with E-state index in [0.717, 1.165) is 23.6 Å². The lowest BCUT2D eigenvalue weighted by Crippen LogP contribution is -2.31. The highest BCUT2D eigenvalue weighted by Gasteiger charge is 2.07. The molecule has 0 bridgehead atoms. The van der Waals surface area contributed by atoms with Gasteiger partial charge in [-0.15, -0.1) is 6.58 Å². The molecular formula is C11H13N3S. The van der Waals surface area contributed by atoms with Gasteiger partial charge in [0, 0.05) is 6.54 Å². The number of hydrogen-bond acceptors (Lipinski definition) is 4. The molecular weight excluding hydrogens is 206 g/mol. The molecule has 78 valence electrons. The number of aromatic nitrogens is 1. The molecule has 2 rings (SSSR count). The smallest absolute Gasteiger partial charge is 0.200 e. The average molecular weight is 219 g/mol. The van der Waals surface area contributed by atoms with Gasteiger partial charge in [0.2, 0.25) is 5.13 Å². The fraction of sp³-hybridized carbons (Fsp3) is 0.182. The molecule has 0 atom stereocenters. The van der Waals surface area contributed by atoms with Crippen molar-refractivity contribution in [2.45, 2.75) is 6.42 Å². The molecule has 2 N–H and O–H groups in total. The number of nitrogens with two attached hydrogens (primary N) is 1. The normalized spacial score (nSPS) is 10.5. The van der Waals surface area contributed by atoms with Gasteiger partial charge in [0.15, 0.2) is 0 Å². The molecule has 4 heteroatoms. The molecule has 1 aromatic heterocycles. The lowest BCUT2D eigenvalue weighted by Gasteiger charge is -2.12. The number of thiazole rings is 1. The van der Waals surface area contributed by atoms with Crippen molar-refractivity contribution in [2.24, 2.45) is 5.84 Å². The van der Waals surface area contributed by atoms with Crippen molar-refractivity contribution < 1.29 is 0 Å². The standard InChI is InChI=1S/C11H13N3S/c1-2-3-8-14(12)11-13-9-6-4-5-7-10(9)15-11/h2,4-7H,1,3,8,12H2. The van der Waals surface area contributed by atoms with E-state index in [9.17, 15) is 0 Å². The second kappa shape index (κ2) is 4.42. The summed E-state index contributed by atoms with van der Waals surface area (Å²) < 4.78 is 1.17. The van der Waals surface area contributed by atoms with Crippen molar-refractivity contribution in [2.75, 3.05) is 11.6 Å². The SMILES string of the molecule is C=CCCN(N)c1nc2ccccc2s1. The number of benzene rings is 1. The summed E-state index contributed by atoms with van der Waals surface area (Å²) >= 11 is 1.61. The van der Waals surface area contributed by atoms with Crippen LogP contribution in [0.25, 0.3) is 10.2 Å². The van der Waals surface area contributed by atoms with Crippen molar-refractivity contribution >= 4 is 26.7 Å². The first-order valence-corrected chi connectivity index (χ1v) is 5.61. The first kappa shape index (κ1) is 10.1. The number of nitrogens with zero attached hydrogens (tertiary/aromatic N) is 2. The third-order valence-corrected chi connectivity index (χ3v) is 3.18. The molecule has 0 unspecified atom stereocenters. The Hall–Kier alpha value is -1.39. The minimum atomic E-state index is 0.753. The molecule has 1 heterocycles. The zero-order valence-electron chi connectivity index (χ0n) is 8.39. The largest absolute Gasteiger partial charge is 0.286 e. The lowest BCUT2D eigenvalue weighted by molar-refractivity contribution is 0.837. The molecule has 0 fully saturated rings. The molecule has 0 aliphatic carbocycles. The van der Waals surface area contributed by atoms with Gasteiger partial charge in [0.05, 0.1) is 10.2 Å².